The molecule has 3 atom stereocenters. The number of hydrogen-bond donors (Lipinski definition) is 2. The van der Waals surface area contributed by atoms with Crippen molar-refractivity contribution in [3.05, 3.63) is 34.9 Å². The topological polar surface area (TPSA) is 98.8 Å². The van der Waals surface area contributed by atoms with Gasteiger partial charge in [0, 0.05) is 49.3 Å². The lowest BCUT2D eigenvalue weighted by molar-refractivity contribution is -0.136. The SMILES string of the molecule is C[C@@H]1CNC[C@H](C)N1C(=O)c1ccc2c(c1)CN(C1CCC(=O)NC1=O)C2=O.Cl. The van der Waals surface area contributed by atoms with Gasteiger partial charge in [0.15, 0.2) is 0 Å². The number of piperidine rings is 1. The van der Waals surface area contributed by atoms with Crippen molar-refractivity contribution >= 4 is 36.0 Å². The molecule has 1 aromatic rings. The molecule has 0 bridgehead atoms. The van der Waals surface area contributed by atoms with E-state index >= 15 is 0 Å². The molecule has 1 aromatic carbocycles. The van der Waals surface area contributed by atoms with E-state index in [1.807, 2.05) is 18.7 Å². The summed E-state index contributed by atoms with van der Waals surface area (Å²) in [7, 11) is 0. The van der Waals surface area contributed by atoms with E-state index in [-0.39, 0.29) is 55.2 Å². The second kappa shape index (κ2) is 8.12. The Bertz CT molecular complexity index is 864. The molecule has 156 valence electrons. The van der Waals surface area contributed by atoms with Crippen LogP contribution < -0.4 is 10.6 Å². The highest BCUT2D eigenvalue weighted by molar-refractivity contribution is 6.06. The van der Waals surface area contributed by atoms with E-state index in [0.717, 1.165) is 18.7 Å². The van der Waals surface area contributed by atoms with E-state index in [4.69, 9.17) is 0 Å². The van der Waals surface area contributed by atoms with Crippen LogP contribution in [-0.4, -0.2) is 64.6 Å². The molecule has 3 aliphatic rings. The number of nitrogens with zero attached hydrogens (tertiary/aromatic N) is 2. The fraction of sp³-hybridized carbons (Fsp3) is 0.500. The standard InChI is InChI=1S/C20H24N4O4.ClH/c1-11-8-21-9-12(2)24(11)19(27)13-3-4-15-14(7-13)10-23(20(15)28)16-5-6-17(25)22-18(16)26;/h3-4,7,11-12,16,21H,5-6,8-10H2,1-2H3,(H,22,25,26);1H/t11-,12+,16?;. The van der Waals surface area contributed by atoms with Gasteiger partial charge < -0.3 is 15.1 Å². The number of imide groups is 1. The molecule has 0 radical (unpaired) electrons. The third-order valence-corrected chi connectivity index (χ3v) is 5.83. The fourth-order valence-electron chi connectivity index (χ4n) is 4.39. The Kier molecular flexibility index (Phi) is 5.95. The van der Waals surface area contributed by atoms with Crippen molar-refractivity contribution in [1.82, 2.24) is 20.4 Å². The summed E-state index contributed by atoms with van der Waals surface area (Å²) in [5, 5.41) is 5.61. The van der Waals surface area contributed by atoms with Gasteiger partial charge in [-0.05, 0) is 44.0 Å². The Morgan fingerprint density at radius 1 is 1.10 bits per heavy atom. The number of piperazine rings is 1. The van der Waals surface area contributed by atoms with E-state index in [9.17, 15) is 19.2 Å². The maximum absolute atomic E-state index is 13.1. The Labute approximate surface area is 175 Å². The summed E-state index contributed by atoms with van der Waals surface area (Å²) >= 11 is 0. The molecule has 2 fully saturated rings. The average Bonchev–Trinajstić information content (AvgIpc) is 2.97. The third kappa shape index (κ3) is 3.74. The predicted octanol–water partition coefficient (Wildman–Crippen LogP) is 0.692. The number of amides is 4. The van der Waals surface area contributed by atoms with Crippen molar-refractivity contribution in [2.24, 2.45) is 0 Å². The molecule has 0 aromatic heterocycles. The molecule has 3 heterocycles. The van der Waals surface area contributed by atoms with Crippen LogP contribution in [0.2, 0.25) is 0 Å². The van der Waals surface area contributed by atoms with Crippen molar-refractivity contribution in [3.63, 3.8) is 0 Å². The van der Waals surface area contributed by atoms with Crippen LogP contribution in [0.5, 0.6) is 0 Å². The number of halogens is 1. The van der Waals surface area contributed by atoms with E-state index in [0.29, 0.717) is 17.5 Å². The largest absolute Gasteiger partial charge is 0.331 e. The highest BCUT2D eigenvalue weighted by atomic mass is 35.5. The first-order valence-corrected chi connectivity index (χ1v) is 9.67. The van der Waals surface area contributed by atoms with Crippen LogP contribution >= 0.6 is 12.4 Å². The van der Waals surface area contributed by atoms with Gasteiger partial charge in [0.25, 0.3) is 11.8 Å². The maximum Gasteiger partial charge on any atom is 0.255 e. The minimum atomic E-state index is -0.648. The van der Waals surface area contributed by atoms with Crippen LogP contribution in [0.25, 0.3) is 0 Å². The molecule has 1 unspecified atom stereocenters. The number of carbonyl (C=O) groups is 4. The van der Waals surface area contributed by atoms with Gasteiger partial charge >= 0.3 is 0 Å². The van der Waals surface area contributed by atoms with Gasteiger partial charge in [-0.25, -0.2) is 0 Å². The number of rotatable bonds is 2. The highest BCUT2D eigenvalue weighted by Crippen LogP contribution is 2.29. The second-order valence-electron chi connectivity index (χ2n) is 7.84. The number of carbonyl (C=O) groups excluding carboxylic acids is 4. The van der Waals surface area contributed by atoms with Gasteiger partial charge in [-0.3, -0.25) is 24.5 Å². The Morgan fingerprint density at radius 3 is 2.45 bits per heavy atom. The minimum Gasteiger partial charge on any atom is -0.331 e. The van der Waals surface area contributed by atoms with E-state index in [1.165, 1.54) is 4.90 Å². The fourth-order valence-corrected chi connectivity index (χ4v) is 4.39. The lowest BCUT2D eigenvalue weighted by Gasteiger charge is -2.39. The number of hydrogen-bond acceptors (Lipinski definition) is 5. The Hall–Kier alpha value is -2.45. The normalized spacial score (nSPS) is 26.7. The van der Waals surface area contributed by atoms with Gasteiger partial charge in [0.1, 0.15) is 6.04 Å². The molecule has 9 heteroatoms. The summed E-state index contributed by atoms with van der Waals surface area (Å²) in [6.45, 7) is 5.81. The molecular weight excluding hydrogens is 396 g/mol. The zero-order chi connectivity index (χ0) is 20.0. The van der Waals surface area contributed by atoms with E-state index in [1.54, 1.807) is 18.2 Å². The first kappa shape index (κ1) is 21.3. The van der Waals surface area contributed by atoms with Gasteiger partial charge in [-0.15, -0.1) is 12.4 Å². The molecule has 3 aliphatic heterocycles. The molecule has 8 nitrogen and oxygen atoms in total. The van der Waals surface area contributed by atoms with Crippen LogP contribution in [0.15, 0.2) is 18.2 Å². The molecule has 2 saturated heterocycles. The van der Waals surface area contributed by atoms with Crippen LogP contribution in [0.3, 0.4) is 0 Å². The number of benzene rings is 1. The molecule has 0 spiro atoms. The summed E-state index contributed by atoms with van der Waals surface area (Å²) in [6, 6.07) is 4.66. The quantitative estimate of drug-likeness (QED) is 0.686. The molecule has 4 rings (SSSR count). The third-order valence-electron chi connectivity index (χ3n) is 5.83. The smallest absolute Gasteiger partial charge is 0.255 e. The number of nitrogens with one attached hydrogen (secondary N) is 2. The molecule has 29 heavy (non-hydrogen) atoms. The average molecular weight is 421 g/mol. The van der Waals surface area contributed by atoms with Crippen molar-refractivity contribution in [3.8, 4) is 0 Å². The first-order chi connectivity index (χ1) is 13.4. The Balaban J connectivity index is 0.00000240. The zero-order valence-electron chi connectivity index (χ0n) is 16.4. The van der Waals surface area contributed by atoms with Gasteiger partial charge in [-0.1, -0.05) is 0 Å². The van der Waals surface area contributed by atoms with Crippen molar-refractivity contribution in [2.75, 3.05) is 13.1 Å². The molecule has 2 N–H and O–H groups in total. The molecular formula is C20H25ClN4O4. The highest BCUT2D eigenvalue weighted by Gasteiger charge is 2.39. The summed E-state index contributed by atoms with van der Waals surface area (Å²) < 4.78 is 0. The lowest BCUT2D eigenvalue weighted by Crippen LogP contribution is -2.57. The van der Waals surface area contributed by atoms with E-state index in [2.05, 4.69) is 10.6 Å². The van der Waals surface area contributed by atoms with Crippen molar-refractivity contribution < 1.29 is 19.2 Å². The summed E-state index contributed by atoms with van der Waals surface area (Å²) in [6.07, 6.45) is 0.547. The Morgan fingerprint density at radius 2 is 1.79 bits per heavy atom. The lowest BCUT2D eigenvalue weighted by atomic mass is 10.0. The predicted molar refractivity (Wildman–Crippen MR) is 108 cm³/mol. The molecule has 4 amide bonds. The maximum atomic E-state index is 13.1. The van der Waals surface area contributed by atoms with Crippen LogP contribution in [0.4, 0.5) is 0 Å². The van der Waals surface area contributed by atoms with Crippen LogP contribution in [-0.2, 0) is 16.1 Å². The first-order valence-electron chi connectivity index (χ1n) is 9.67. The van der Waals surface area contributed by atoms with Crippen molar-refractivity contribution in [1.29, 1.82) is 0 Å². The van der Waals surface area contributed by atoms with Crippen LogP contribution in [0, 0.1) is 0 Å². The van der Waals surface area contributed by atoms with E-state index < -0.39 is 11.9 Å². The van der Waals surface area contributed by atoms with Gasteiger partial charge in [0.2, 0.25) is 11.8 Å². The summed E-state index contributed by atoms with van der Waals surface area (Å²) in [5.74, 6) is -1.02. The van der Waals surface area contributed by atoms with Crippen molar-refractivity contribution in [2.45, 2.75) is 51.4 Å². The van der Waals surface area contributed by atoms with Gasteiger partial charge in [0.05, 0.1) is 0 Å². The number of fused-ring (bicyclic) bond motifs is 1. The molecule has 0 saturated carbocycles. The van der Waals surface area contributed by atoms with Crippen LogP contribution in [0.1, 0.15) is 53.0 Å². The second-order valence-corrected chi connectivity index (χ2v) is 7.84. The summed E-state index contributed by atoms with van der Waals surface area (Å²) in [4.78, 5) is 52.7. The minimum absolute atomic E-state index is 0. The summed E-state index contributed by atoms with van der Waals surface area (Å²) in [5.41, 5.74) is 1.82. The monoisotopic (exact) mass is 420 g/mol. The molecule has 0 aliphatic carbocycles. The zero-order valence-corrected chi connectivity index (χ0v) is 17.3. The van der Waals surface area contributed by atoms with Gasteiger partial charge in [-0.2, -0.15) is 0 Å².